The fraction of sp³-hybridized carbons (Fsp3) is 0.545. The monoisotopic (exact) mass is 385 g/mol. The van der Waals surface area contributed by atoms with Crippen LogP contribution in [0.5, 0.6) is 5.75 Å². The molecule has 2 heterocycles. The van der Waals surface area contributed by atoms with Gasteiger partial charge in [-0.05, 0) is 25.0 Å². The van der Waals surface area contributed by atoms with Crippen molar-refractivity contribution in [2.45, 2.75) is 51.7 Å². The summed E-state index contributed by atoms with van der Waals surface area (Å²) in [5.41, 5.74) is 2.37. The Bertz CT molecular complexity index is 817. The van der Waals surface area contributed by atoms with Gasteiger partial charge in [-0.3, -0.25) is 9.48 Å². The summed E-state index contributed by atoms with van der Waals surface area (Å²) in [6.45, 7) is 8.10. The van der Waals surface area contributed by atoms with Crippen LogP contribution in [-0.4, -0.2) is 47.0 Å². The summed E-state index contributed by atoms with van der Waals surface area (Å²) in [5, 5.41) is 4.57. The lowest BCUT2D eigenvalue weighted by atomic mass is 9.92. The number of aromatic nitrogens is 2. The molecule has 6 nitrogen and oxygen atoms in total. The maximum Gasteiger partial charge on any atom is 0.272 e. The minimum atomic E-state index is -0.113. The Morgan fingerprint density at radius 3 is 2.71 bits per heavy atom. The molecule has 0 spiro atoms. The summed E-state index contributed by atoms with van der Waals surface area (Å²) in [6.07, 6.45) is 2.10. The van der Waals surface area contributed by atoms with Crippen LogP contribution >= 0.6 is 0 Å². The lowest BCUT2D eigenvalue weighted by Crippen LogP contribution is -2.38. The zero-order valence-electron chi connectivity index (χ0n) is 17.6. The lowest BCUT2D eigenvalue weighted by molar-refractivity contribution is 0.0497. The van der Waals surface area contributed by atoms with E-state index in [-0.39, 0.29) is 17.4 Å². The number of nitrogens with zero attached hydrogens (tertiary/aromatic N) is 3. The molecule has 1 aromatic carbocycles. The molecule has 1 unspecified atom stereocenters. The number of hydrogen-bond acceptors (Lipinski definition) is 4. The van der Waals surface area contributed by atoms with Gasteiger partial charge < -0.3 is 14.4 Å². The number of ether oxygens (including phenoxy) is 2. The van der Waals surface area contributed by atoms with Crippen LogP contribution in [0.15, 0.2) is 30.3 Å². The molecular weight excluding hydrogens is 354 g/mol. The molecule has 2 aromatic rings. The third-order valence-corrected chi connectivity index (χ3v) is 5.16. The minimum Gasteiger partial charge on any atom is -0.496 e. The van der Waals surface area contributed by atoms with E-state index >= 15 is 0 Å². The van der Waals surface area contributed by atoms with Crippen LogP contribution in [0.4, 0.5) is 0 Å². The highest BCUT2D eigenvalue weighted by Crippen LogP contribution is 2.25. The van der Waals surface area contributed by atoms with Crippen LogP contribution in [0.25, 0.3) is 0 Å². The van der Waals surface area contributed by atoms with E-state index in [4.69, 9.17) is 9.47 Å². The molecule has 3 rings (SSSR count). The Kier molecular flexibility index (Phi) is 6.08. The van der Waals surface area contributed by atoms with E-state index in [0.717, 1.165) is 36.5 Å². The highest BCUT2D eigenvalue weighted by Gasteiger charge is 2.28. The Labute approximate surface area is 167 Å². The summed E-state index contributed by atoms with van der Waals surface area (Å²) in [7, 11) is 3.48. The average Bonchev–Trinajstić information content (AvgIpc) is 3.30. The molecule has 6 heteroatoms. The summed E-state index contributed by atoms with van der Waals surface area (Å²) in [5.74, 6) is 0.750. The first kappa shape index (κ1) is 20.4. The van der Waals surface area contributed by atoms with Crippen LogP contribution in [0.3, 0.4) is 0 Å². The van der Waals surface area contributed by atoms with Gasteiger partial charge in [0.05, 0.1) is 18.9 Å². The van der Waals surface area contributed by atoms with Gasteiger partial charge in [0.15, 0.2) is 0 Å². The van der Waals surface area contributed by atoms with Gasteiger partial charge in [-0.1, -0.05) is 39.0 Å². The first-order chi connectivity index (χ1) is 13.3. The van der Waals surface area contributed by atoms with Crippen molar-refractivity contribution in [1.82, 2.24) is 14.7 Å². The molecule has 1 aromatic heterocycles. The molecule has 1 atom stereocenters. The van der Waals surface area contributed by atoms with E-state index in [1.807, 2.05) is 42.3 Å². The van der Waals surface area contributed by atoms with Gasteiger partial charge in [0.25, 0.3) is 5.91 Å². The molecule has 28 heavy (non-hydrogen) atoms. The minimum absolute atomic E-state index is 0.0353. The van der Waals surface area contributed by atoms with Crippen molar-refractivity contribution in [2.75, 3.05) is 20.3 Å². The van der Waals surface area contributed by atoms with Crippen LogP contribution in [-0.2, 0) is 23.7 Å². The maximum atomic E-state index is 13.5. The lowest BCUT2D eigenvalue weighted by Gasteiger charge is -2.26. The highest BCUT2D eigenvalue weighted by atomic mass is 16.5. The number of para-hydroxylation sites is 1. The van der Waals surface area contributed by atoms with Crippen molar-refractivity contribution in [3.8, 4) is 5.75 Å². The standard InChI is InChI=1S/C22H31N3O3/c1-22(2,3)20-13-18(24(4)23-20)21(26)25(15-17-10-8-12-28-17)14-16-9-6-7-11-19(16)27-5/h6-7,9,11,13,17H,8,10,12,14-15H2,1-5H3. The second-order valence-electron chi connectivity index (χ2n) is 8.42. The van der Waals surface area contributed by atoms with Gasteiger partial charge in [-0.25, -0.2) is 0 Å². The number of rotatable bonds is 6. The maximum absolute atomic E-state index is 13.5. The molecule has 1 fully saturated rings. The molecular formula is C22H31N3O3. The van der Waals surface area contributed by atoms with E-state index in [1.54, 1.807) is 11.8 Å². The molecule has 0 saturated carbocycles. The Hall–Kier alpha value is -2.34. The molecule has 1 aliphatic rings. The SMILES string of the molecule is COc1ccccc1CN(CC1CCCO1)C(=O)c1cc(C(C)(C)C)nn1C. The zero-order chi connectivity index (χ0) is 20.3. The number of benzene rings is 1. The molecule has 0 N–H and O–H groups in total. The van der Waals surface area contributed by atoms with Gasteiger partial charge in [0.2, 0.25) is 0 Å². The number of hydrogen-bond donors (Lipinski definition) is 0. The Morgan fingerprint density at radius 2 is 2.11 bits per heavy atom. The second kappa shape index (κ2) is 8.35. The average molecular weight is 386 g/mol. The van der Waals surface area contributed by atoms with E-state index in [0.29, 0.717) is 18.8 Å². The summed E-state index contributed by atoms with van der Waals surface area (Å²) in [6, 6.07) is 9.73. The van der Waals surface area contributed by atoms with Gasteiger partial charge in [0.1, 0.15) is 11.4 Å². The molecule has 0 radical (unpaired) electrons. The number of carbonyl (C=O) groups excluding carboxylic acids is 1. The predicted molar refractivity (Wildman–Crippen MR) is 109 cm³/mol. The fourth-order valence-electron chi connectivity index (χ4n) is 3.49. The van der Waals surface area contributed by atoms with Gasteiger partial charge >= 0.3 is 0 Å². The topological polar surface area (TPSA) is 56.6 Å². The van der Waals surface area contributed by atoms with Gasteiger partial charge in [-0.2, -0.15) is 5.10 Å². The van der Waals surface area contributed by atoms with Gasteiger partial charge in [-0.15, -0.1) is 0 Å². The van der Waals surface area contributed by atoms with Crippen molar-refractivity contribution in [3.63, 3.8) is 0 Å². The van der Waals surface area contributed by atoms with Crippen LogP contribution in [0.2, 0.25) is 0 Å². The third-order valence-electron chi connectivity index (χ3n) is 5.16. The second-order valence-corrected chi connectivity index (χ2v) is 8.42. The largest absolute Gasteiger partial charge is 0.496 e. The van der Waals surface area contributed by atoms with Crippen molar-refractivity contribution < 1.29 is 14.3 Å². The smallest absolute Gasteiger partial charge is 0.272 e. The first-order valence-electron chi connectivity index (χ1n) is 9.87. The van der Waals surface area contributed by atoms with Crippen molar-refractivity contribution in [2.24, 2.45) is 7.05 Å². The summed E-state index contributed by atoms with van der Waals surface area (Å²) in [4.78, 5) is 15.3. The summed E-state index contributed by atoms with van der Waals surface area (Å²) < 4.78 is 13.0. The summed E-state index contributed by atoms with van der Waals surface area (Å²) >= 11 is 0. The van der Waals surface area contributed by atoms with Crippen molar-refractivity contribution >= 4 is 5.91 Å². The van der Waals surface area contributed by atoms with Crippen LogP contribution in [0.1, 0.15) is 55.4 Å². The quantitative estimate of drug-likeness (QED) is 0.763. The zero-order valence-corrected chi connectivity index (χ0v) is 17.6. The molecule has 152 valence electrons. The third kappa shape index (κ3) is 4.55. The van der Waals surface area contributed by atoms with E-state index in [2.05, 4.69) is 25.9 Å². The van der Waals surface area contributed by atoms with E-state index < -0.39 is 0 Å². The van der Waals surface area contributed by atoms with Crippen molar-refractivity contribution in [3.05, 3.63) is 47.3 Å². The molecule has 0 aliphatic carbocycles. The number of methoxy groups -OCH3 is 1. The highest BCUT2D eigenvalue weighted by molar-refractivity contribution is 5.92. The fourth-order valence-corrected chi connectivity index (χ4v) is 3.49. The molecule has 1 amide bonds. The molecule has 1 saturated heterocycles. The molecule has 1 aliphatic heterocycles. The van der Waals surface area contributed by atoms with E-state index in [1.165, 1.54) is 0 Å². The van der Waals surface area contributed by atoms with Crippen LogP contribution in [0, 0.1) is 0 Å². The Morgan fingerprint density at radius 1 is 1.36 bits per heavy atom. The first-order valence-corrected chi connectivity index (χ1v) is 9.87. The predicted octanol–water partition coefficient (Wildman–Crippen LogP) is 3.55. The normalized spacial score (nSPS) is 17.0. The van der Waals surface area contributed by atoms with Crippen molar-refractivity contribution in [1.29, 1.82) is 0 Å². The Balaban J connectivity index is 1.89. The number of carbonyl (C=O) groups is 1. The number of amides is 1. The number of aryl methyl sites for hydroxylation is 1. The van der Waals surface area contributed by atoms with Gasteiger partial charge in [0, 0.05) is 37.7 Å². The van der Waals surface area contributed by atoms with E-state index in [9.17, 15) is 4.79 Å². The molecule has 0 bridgehead atoms. The van der Waals surface area contributed by atoms with Crippen LogP contribution < -0.4 is 4.74 Å².